The van der Waals surface area contributed by atoms with Gasteiger partial charge in [-0.3, -0.25) is 4.79 Å². The SMILES string of the molecule is CN(Cc1ccccc1)c1sc(-c2ccccc2)nc1C=O. The summed E-state index contributed by atoms with van der Waals surface area (Å²) in [7, 11) is 1.99. The number of carbonyl (C=O) groups excluding carboxylic acids is 1. The summed E-state index contributed by atoms with van der Waals surface area (Å²) in [6, 6.07) is 20.1. The van der Waals surface area contributed by atoms with Crippen LogP contribution in [0.1, 0.15) is 16.1 Å². The highest BCUT2D eigenvalue weighted by Crippen LogP contribution is 2.34. The van der Waals surface area contributed by atoms with Crippen molar-refractivity contribution in [3.63, 3.8) is 0 Å². The number of benzene rings is 2. The zero-order valence-electron chi connectivity index (χ0n) is 12.3. The second-order valence-electron chi connectivity index (χ2n) is 5.03. The van der Waals surface area contributed by atoms with Crippen molar-refractivity contribution in [3.8, 4) is 10.6 Å². The minimum atomic E-state index is 0.502. The van der Waals surface area contributed by atoms with Gasteiger partial charge in [0.15, 0.2) is 6.29 Å². The first-order valence-corrected chi connectivity index (χ1v) is 7.86. The number of hydrogen-bond donors (Lipinski definition) is 0. The molecule has 3 rings (SSSR count). The number of carbonyl (C=O) groups is 1. The molecule has 0 unspecified atom stereocenters. The summed E-state index contributed by atoms with van der Waals surface area (Å²) in [5.41, 5.74) is 2.74. The second-order valence-corrected chi connectivity index (χ2v) is 6.01. The maximum absolute atomic E-state index is 11.3. The highest BCUT2D eigenvalue weighted by atomic mass is 32.1. The molecule has 2 aromatic carbocycles. The van der Waals surface area contributed by atoms with Crippen LogP contribution in [0.5, 0.6) is 0 Å². The molecule has 1 heterocycles. The van der Waals surface area contributed by atoms with Gasteiger partial charge in [-0.2, -0.15) is 0 Å². The number of rotatable bonds is 5. The van der Waals surface area contributed by atoms with Crippen molar-refractivity contribution in [2.24, 2.45) is 0 Å². The van der Waals surface area contributed by atoms with Gasteiger partial charge in [-0.15, -0.1) is 0 Å². The Balaban J connectivity index is 1.90. The van der Waals surface area contributed by atoms with Gasteiger partial charge < -0.3 is 4.90 Å². The van der Waals surface area contributed by atoms with E-state index in [2.05, 4.69) is 22.0 Å². The molecule has 3 nitrogen and oxygen atoms in total. The molecule has 0 aliphatic heterocycles. The van der Waals surface area contributed by atoms with Crippen molar-refractivity contribution >= 4 is 22.6 Å². The summed E-state index contributed by atoms with van der Waals surface area (Å²) in [5, 5.41) is 1.77. The fraction of sp³-hybridized carbons (Fsp3) is 0.111. The molecule has 4 heteroatoms. The van der Waals surface area contributed by atoms with Gasteiger partial charge in [-0.1, -0.05) is 72.0 Å². The van der Waals surface area contributed by atoms with E-state index in [0.717, 1.165) is 28.4 Å². The summed E-state index contributed by atoms with van der Waals surface area (Å²) in [5.74, 6) is 0. The van der Waals surface area contributed by atoms with E-state index in [0.29, 0.717) is 5.69 Å². The molecule has 0 atom stereocenters. The lowest BCUT2D eigenvalue weighted by Crippen LogP contribution is -2.16. The van der Waals surface area contributed by atoms with Gasteiger partial charge in [0.1, 0.15) is 15.7 Å². The first-order chi connectivity index (χ1) is 10.8. The molecule has 0 saturated heterocycles. The lowest BCUT2D eigenvalue weighted by molar-refractivity contribution is 0.112. The van der Waals surface area contributed by atoms with Crippen molar-refractivity contribution in [1.29, 1.82) is 0 Å². The normalized spacial score (nSPS) is 10.4. The Labute approximate surface area is 133 Å². The van der Waals surface area contributed by atoms with Crippen LogP contribution < -0.4 is 4.90 Å². The standard InChI is InChI=1S/C18H16N2OS/c1-20(12-14-8-4-2-5-9-14)18-16(13-21)19-17(22-18)15-10-6-3-7-11-15/h2-11,13H,12H2,1H3. The molecule has 0 saturated carbocycles. The molecule has 3 aromatic rings. The van der Waals surface area contributed by atoms with Crippen LogP contribution in [0.4, 0.5) is 5.00 Å². The Kier molecular flexibility index (Phi) is 4.30. The van der Waals surface area contributed by atoms with Crippen molar-refractivity contribution in [1.82, 2.24) is 4.98 Å². The summed E-state index contributed by atoms with van der Waals surface area (Å²) in [6.07, 6.45) is 0.833. The smallest absolute Gasteiger partial charge is 0.171 e. The topological polar surface area (TPSA) is 33.2 Å². The zero-order valence-corrected chi connectivity index (χ0v) is 13.1. The number of thiazole rings is 1. The minimum absolute atomic E-state index is 0.502. The van der Waals surface area contributed by atoms with Crippen LogP contribution in [-0.4, -0.2) is 18.3 Å². The van der Waals surface area contributed by atoms with Crippen LogP contribution in [-0.2, 0) is 6.54 Å². The number of hydrogen-bond acceptors (Lipinski definition) is 4. The van der Waals surface area contributed by atoms with Gasteiger partial charge in [0, 0.05) is 19.2 Å². The average Bonchev–Trinajstić information content (AvgIpc) is 3.01. The number of anilines is 1. The predicted octanol–water partition coefficient (Wildman–Crippen LogP) is 4.26. The van der Waals surface area contributed by atoms with E-state index >= 15 is 0 Å². The Bertz CT molecular complexity index is 753. The zero-order chi connectivity index (χ0) is 15.4. The third-order valence-corrected chi connectivity index (χ3v) is 4.61. The van der Waals surface area contributed by atoms with Crippen LogP contribution in [0.25, 0.3) is 10.6 Å². The molecule has 0 fully saturated rings. The molecule has 0 aliphatic carbocycles. The molecule has 1 aromatic heterocycles. The quantitative estimate of drug-likeness (QED) is 0.660. The molecule has 110 valence electrons. The van der Waals surface area contributed by atoms with Crippen molar-refractivity contribution < 1.29 is 4.79 Å². The van der Waals surface area contributed by atoms with Crippen molar-refractivity contribution in [2.45, 2.75) is 6.54 Å². The van der Waals surface area contributed by atoms with Crippen LogP contribution >= 0.6 is 11.3 Å². The van der Waals surface area contributed by atoms with Gasteiger partial charge >= 0.3 is 0 Å². The Hall–Kier alpha value is -2.46. The Morgan fingerprint density at radius 2 is 1.68 bits per heavy atom. The van der Waals surface area contributed by atoms with Crippen LogP contribution in [0.15, 0.2) is 60.7 Å². The third-order valence-electron chi connectivity index (χ3n) is 3.38. The Morgan fingerprint density at radius 1 is 1.05 bits per heavy atom. The van der Waals surface area contributed by atoms with Crippen LogP contribution in [0, 0.1) is 0 Å². The monoisotopic (exact) mass is 308 g/mol. The minimum Gasteiger partial charge on any atom is -0.360 e. The Morgan fingerprint density at radius 3 is 2.32 bits per heavy atom. The highest BCUT2D eigenvalue weighted by Gasteiger charge is 2.15. The number of aromatic nitrogens is 1. The van der Waals surface area contributed by atoms with E-state index < -0.39 is 0 Å². The lowest BCUT2D eigenvalue weighted by atomic mass is 10.2. The highest BCUT2D eigenvalue weighted by molar-refractivity contribution is 7.19. The summed E-state index contributed by atoms with van der Waals surface area (Å²) in [6.45, 7) is 0.748. The molecule has 0 spiro atoms. The largest absolute Gasteiger partial charge is 0.360 e. The van der Waals surface area contributed by atoms with Gasteiger partial charge in [-0.25, -0.2) is 4.98 Å². The van der Waals surface area contributed by atoms with Crippen molar-refractivity contribution in [3.05, 3.63) is 71.9 Å². The maximum Gasteiger partial charge on any atom is 0.171 e. The van der Waals surface area contributed by atoms with Crippen LogP contribution in [0.3, 0.4) is 0 Å². The van der Waals surface area contributed by atoms with Gasteiger partial charge in [-0.05, 0) is 5.56 Å². The van der Waals surface area contributed by atoms with E-state index in [4.69, 9.17) is 0 Å². The van der Waals surface area contributed by atoms with E-state index in [1.165, 1.54) is 5.56 Å². The van der Waals surface area contributed by atoms with E-state index in [1.54, 1.807) is 11.3 Å². The predicted molar refractivity (Wildman–Crippen MR) is 91.5 cm³/mol. The fourth-order valence-corrected chi connectivity index (χ4v) is 3.31. The molecule has 0 aliphatic rings. The third kappa shape index (κ3) is 3.07. The number of nitrogens with zero attached hydrogens (tertiary/aromatic N) is 2. The average molecular weight is 308 g/mol. The molecular weight excluding hydrogens is 292 g/mol. The maximum atomic E-state index is 11.3. The number of aldehydes is 1. The molecule has 0 radical (unpaired) electrons. The van der Waals surface area contributed by atoms with Gasteiger partial charge in [0.25, 0.3) is 0 Å². The first kappa shape index (κ1) is 14.5. The lowest BCUT2D eigenvalue weighted by Gasteiger charge is -2.17. The van der Waals surface area contributed by atoms with E-state index in [1.807, 2.05) is 55.6 Å². The molecule has 0 N–H and O–H groups in total. The van der Waals surface area contributed by atoms with E-state index in [9.17, 15) is 4.79 Å². The van der Waals surface area contributed by atoms with Gasteiger partial charge in [0.05, 0.1) is 0 Å². The summed E-state index contributed by atoms with van der Waals surface area (Å²) < 4.78 is 0. The second kappa shape index (κ2) is 6.54. The van der Waals surface area contributed by atoms with Crippen molar-refractivity contribution in [2.75, 3.05) is 11.9 Å². The first-order valence-electron chi connectivity index (χ1n) is 7.04. The molecule has 22 heavy (non-hydrogen) atoms. The molecule has 0 bridgehead atoms. The van der Waals surface area contributed by atoms with Gasteiger partial charge in [0.2, 0.25) is 0 Å². The molecular formula is C18H16N2OS. The molecule has 0 amide bonds. The summed E-state index contributed by atoms with van der Waals surface area (Å²) in [4.78, 5) is 17.9. The van der Waals surface area contributed by atoms with E-state index in [-0.39, 0.29) is 0 Å². The summed E-state index contributed by atoms with van der Waals surface area (Å²) >= 11 is 1.55. The van der Waals surface area contributed by atoms with Crippen LogP contribution in [0.2, 0.25) is 0 Å². The fourth-order valence-electron chi connectivity index (χ4n) is 2.31.